The highest BCUT2D eigenvalue weighted by molar-refractivity contribution is 6.30. The zero-order valence-corrected chi connectivity index (χ0v) is 14.3. The van der Waals surface area contributed by atoms with E-state index < -0.39 is 5.82 Å². The van der Waals surface area contributed by atoms with Crippen molar-refractivity contribution >= 4 is 17.3 Å². The molecule has 1 aliphatic rings. The van der Waals surface area contributed by atoms with Crippen molar-refractivity contribution in [1.29, 1.82) is 0 Å². The zero-order valence-electron chi connectivity index (χ0n) is 13.5. The number of rotatable bonds is 5. The van der Waals surface area contributed by atoms with Gasteiger partial charge >= 0.3 is 0 Å². The number of likely N-dealkylation sites (tertiary alicyclic amines) is 1. The van der Waals surface area contributed by atoms with E-state index in [1.807, 2.05) is 12.1 Å². The molecule has 0 aromatic heterocycles. The molecular weight excluding hydrogens is 327 g/mol. The second kappa shape index (κ2) is 7.97. The van der Waals surface area contributed by atoms with Crippen LogP contribution in [-0.4, -0.2) is 29.2 Å². The molecule has 5 heteroatoms. The van der Waals surface area contributed by atoms with Gasteiger partial charge < -0.3 is 10.4 Å². The molecule has 128 valence electrons. The Hall–Kier alpha value is -1.62. The molecule has 24 heavy (non-hydrogen) atoms. The Morgan fingerprint density at radius 1 is 1.17 bits per heavy atom. The van der Waals surface area contributed by atoms with Crippen molar-refractivity contribution < 1.29 is 9.50 Å². The van der Waals surface area contributed by atoms with Gasteiger partial charge in [0.1, 0.15) is 5.82 Å². The van der Waals surface area contributed by atoms with E-state index in [-0.39, 0.29) is 11.1 Å². The van der Waals surface area contributed by atoms with Crippen LogP contribution in [0.4, 0.5) is 10.1 Å². The number of piperidine rings is 1. The smallest absolute Gasteiger partial charge is 0.141 e. The van der Waals surface area contributed by atoms with Crippen molar-refractivity contribution in [2.75, 3.05) is 18.4 Å². The first-order valence-corrected chi connectivity index (χ1v) is 8.66. The molecule has 0 amide bonds. The van der Waals surface area contributed by atoms with Crippen LogP contribution in [0.15, 0.2) is 42.5 Å². The highest BCUT2D eigenvalue weighted by Crippen LogP contribution is 2.22. The Labute approximate surface area is 147 Å². The average molecular weight is 349 g/mol. The fraction of sp³-hybridized carbons (Fsp3) is 0.368. The van der Waals surface area contributed by atoms with E-state index in [9.17, 15) is 9.50 Å². The maximum absolute atomic E-state index is 13.2. The van der Waals surface area contributed by atoms with Crippen LogP contribution in [0.2, 0.25) is 5.02 Å². The minimum Gasteiger partial charge on any atom is -0.393 e. The van der Waals surface area contributed by atoms with Crippen LogP contribution in [0.5, 0.6) is 0 Å². The third-order valence-electron chi connectivity index (χ3n) is 4.44. The molecular formula is C19H22ClFN2O. The maximum Gasteiger partial charge on any atom is 0.141 e. The largest absolute Gasteiger partial charge is 0.393 e. The van der Waals surface area contributed by atoms with E-state index >= 15 is 0 Å². The molecule has 0 saturated carbocycles. The molecule has 0 radical (unpaired) electrons. The van der Waals surface area contributed by atoms with E-state index in [1.165, 1.54) is 11.6 Å². The van der Waals surface area contributed by atoms with E-state index in [0.29, 0.717) is 6.54 Å². The van der Waals surface area contributed by atoms with Gasteiger partial charge in [0.25, 0.3) is 0 Å². The van der Waals surface area contributed by atoms with Crippen molar-refractivity contribution in [3.05, 3.63) is 64.4 Å². The summed E-state index contributed by atoms with van der Waals surface area (Å²) in [6.07, 6.45) is 1.52. The SMILES string of the molecule is OC1CCN(Cc2ccccc2NCc2ccc(F)c(Cl)c2)CC1. The maximum atomic E-state index is 13.2. The standard InChI is InChI=1S/C19H22ClFN2O/c20-17-11-14(5-6-18(17)21)12-22-19-4-2-1-3-15(19)13-23-9-7-16(24)8-10-23/h1-6,11,16,22,24H,7-10,12-13H2. The van der Waals surface area contributed by atoms with Crippen LogP contribution in [0.25, 0.3) is 0 Å². The number of nitrogens with one attached hydrogen (secondary N) is 1. The molecule has 1 saturated heterocycles. The first kappa shape index (κ1) is 17.2. The lowest BCUT2D eigenvalue weighted by Crippen LogP contribution is -2.35. The number of hydrogen-bond donors (Lipinski definition) is 2. The van der Waals surface area contributed by atoms with Gasteiger partial charge in [0.15, 0.2) is 0 Å². The van der Waals surface area contributed by atoms with Crippen molar-refractivity contribution in [1.82, 2.24) is 4.90 Å². The fourth-order valence-corrected chi connectivity index (χ4v) is 3.20. The minimum atomic E-state index is -0.395. The van der Waals surface area contributed by atoms with Crippen molar-refractivity contribution in [3.8, 4) is 0 Å². The van der Waals surface area contributed by atoms with Crippen LogP contribution >= 0.6 is 11.6 Å². The number of aliphatic hydroxyl groups is 1. The quantitative estimate of drug-likeness (QED) is 0.855. The topological polar surface area (TPSA) is 35.5 Å². The molecule has 2 N–H and O–H groups in total. The summed E-state index contributed by atoms with van der Waals surface area (Å²) in [6.45, 7) is 3.29. The summed E-state index contributed by atoms with van der Waals surface area (Å²) in [5.74, 6) is -0.395. The minimum absolute atomic E-state index is 0.148. The first-order valence-electron chi connectivity index (χ1n) is 8.28. The molecule has 1 fully saturated rings. The van der Waals surface area contributed by atoms with Crippen molar-refractivity contribution in [3.63, 3.8) is 0 Å². The summed E-state index contributed by atoms with van der Waals surface area (Å²) < 4.78 is 13.2. The molecule has 1 heterocycles. The van der Waals surface area contributed by atoms with Gasteiger partial charge in [0.05, 0.1) is 11.1 Å². The van der Waals surface area contributed by atoms with E-state index in [4.69, 9.17) is 11.6 Å². The van der Waals surface area contributed by atoms with E-state index in [0.717, 1.165) is 43.7 Å². The number of nitrogens with zero attached hydrogens (tertiary/aromatic N) is 1. The summed E-state index contributed by atoms with van der Waals surface area (Å²) >= 11 is 5.84. The Morgan fingerprint density at radius 2 is 1.92 bits per heavy atom. The van der Waals surface area contributed by atoms with Crippen LogP contribution in [-0.2, 0) is 13.1 Å². The summed E-state index contributed by atoms with van der Waals surface area (Å²) in [5, 5.41) is 13.2. The van der Waals surface area contributed by atoms with Gasteiger partial charge in [-0.1, -0.05) is 35.9 Å². The number of hydrogen-bond acceptors (Lipinski definition) is 3. The average Bonchev–Trinajstić information content (AvgIpc) is 2.59. The van der Waals surface area contributed by atoms with Gasteiger partial charge in [-0.05, 0) is 42.2 Å². The molecule has 0 bridgehead atoms. The molecule has 0 aliphatic carbocycles. The lowest BCUT2D eigenvalue weighted by atomic mass is 10.1. The van der Waals surface area contributed by atoms with Gasteiger partial charge in [0.2, 0.25) is 0 Å². The molecule has 0 unspecified atom stereocenters. The van der Waals surface area contributed by atoms with E-state index in [1.54, 1.807) is 12.1 Å². The lowest BCUT2D eigenvalue weighted by molar-refractivity contribution is 0.0793. The van der Waals surface area contributed by atoms with Crippen molar-refractivity contribution in [2.45, 2.75) is 32.0 Å². The van der Waals surface area contributed by atoms with Gasteiger partial charge in [-0.15, -0.1) is 0 Å². The molecule has 0 spiro atoms. The van der Waals surface area contributed by atoms with E-state index in [2.05, 4.69) is 22.3 Å². The molecule has 2 aromatic rings. The van der Waals surface area contributed by atoms with Crippen LogP contribution < -0.4 is 5.32 Å². The second-order valence-corrected chi connectivity index (χ2v) is 6.67. The number of benzene rings is 2. The number of para-hydroxylation sites is 1. The third kappa shape index (κ3) is 4.47. The summed E-state index contributed by atoms with van der Waals surface area (Å²) in [6, 6.07) is 13.0. The summed E-state index contributed by atoms with van der Waals surface area (Å²) in [4.78, 5) is 2.36. The predicted octanol–water partition coefficient (Wildman–Crippen LogP) is 4.05. The van der Waals surface area contributed by atoms with Crippen molar-refractivity contribution in [2.24, 2.45) is 0 Å². The van der Waals surface area contributed by atoms with Gasteiger partial charge in [0, 0.05) is 31.9 Å². The third-order valence-corrected chi connectivity index (χ3v) is 4.73. The highest BCUT2D eigenvalue weighted by Gasteiger charge is 2.17. The monoisotopic (exact) mass is 348 g/mol. The molecule has 2 aromatic carbocycles. The number of anilines is 1. The molecule has 3 rings (SSSR count). The summed E-state index contributed by atoms with van der Waals surface area (Å²) in [5.41, 5.74) is 3.24. The van der Waals surface area contributed by atoms with Gasteiger partial charge in [-0.25, -0.2) is 4.39 Å². The Bertz CT molecular complexity index is 687. The fourth-order valence-electron chi connectivity index (χ4n) is 3.00. The lowest BCUT2D eigenvalue weighted by Gasteiger charge is -2.30. The normalized spacial score (nSPS) is 16.3. The number of halogens is 2. The van der Waals surface area contributed by atoms with Gasteiger partial charge in [-0.2, -0.15) is 0 Å². The molecule has 3 nitrogen and oxygen atoms in total. The van der Waals surface area contributed by atoms with Crippen LogP contribution in [0.3, 0.4) is 0 Å². The Morgan fingerprint density at radius 3 is 2.67 bits per heavy atom. The second-order valence-electron chi connectivity index (χ2n) is 6.27. The highest BCUT2D eigenvalue weighted by atomic mass is 35.5. The first-order chi connectivity index (χ1) is 11.6. The zero-order chi connectivity index (χ0) is 16.9. The predicted molar refractivity (Wildman–Crippen MR) is 95.7 cm³/mol. The molecule has 0 atom stereocenters. The van der Waals surface area contributed by atoms with Crippen LogP contribution in [0, 0.1) is 5.82 Å². The molecule has 1 aliphatic heterocycles. The summed E-state index contributed by atoms with van der Waals surface area (Å²) in [7, 11) is 0. The van der Waals surface area contributed by atoms with Gasteiger partial charge in [-0.3, -0.25) is 4.90 Å². The Kier molecular flexibility index (Phi) is 5.72. The van der Waals surface area contributed by atoms with Crippen LogP contribution in [0.1, 0.15) is 24.0 Å². The Balaban J connectivity index is 1.64. The number of aliphatic hydroxyl groups excluding tert-OH is 1.